The van der Waals surface area contributed by atoms with Gasteiger partial charge in [-0.05, 0) is 31.1 Å². The Morgan fingerprint density at radius 2 is 2.18 bits per heavy atom. The molecule has 1 aromatic carbocycles. The van der Waals surface area contributed by atoms with E-state index in [2.05, 4.69) is 10.3 Å². The number of benzene rings is 1. The van der Waals surface area contributed by atoms with Crippen LogP contribution in [0.15, 0.2) is 34.9 Å². The van der Waals surface area contributed by atoms with E-state index in [0.29, 0.717) is 23.1 Å². The summed E-state index contributed by atoms with van der Waals surface area (Å²) in [6.07, 6.45) is 2.42. The maximum atomic E-state index is 13.5. The van der Waals surface area contributed by atoms with Gasteiger partial charge < -0.3 is 9.73 Å². The Bertz CT molecular complexity index is 520. The van der Waals surface area contributed by atoms with Crippen molar-refractivity contribution < 1.29 is 8.81 Å². The van der Waals surface area contributed by atoms with E-state index in [1.165, 1.54) is 6.07 Å². The number of nitrogens with zero attached hydrogens (tertiary/aromatic N) is 1. The second kappa shape index (κ2) is 4.30. The van der Waals surface area contributed by atoms with Crippen molar-refractivity contribution in [1.29, 1.82) is 0 Å². The fourth-order valence-corrected chi connectivity index (χ4v) is 1.93. The Kier molecular flexibility index (Phi) is 2.65. The fourth-order valence-electron chi connectivity index (χ4n) is 1.93. The predicted molar refractivity (Wildman–Crippen MR) is 62.0 cm³/mol. The molecular formula is C13H13FN2O. The zero-order valence-corrected chi connectivity index (χ0v) is 9.32. The van der Waals surface area contributed by atoms with E-state index in [1.807, 2.05) is 0 Å². The Morgan fingerprint density at radius 3 is 2.88 bits per heavy atom. The molecule has 0 unspecified atom stereocenters. The highest BCUT2D eigenvalue weighted by atomic mass is 19.1. The van der Waals surface area contributed by atoms with Gasteiger partial charge in [0.25, 0.3) is 0 Å². The Balaban J connectivity index is 1.82. The maximum absolute atomic E-state index is 13.5. The summed E-state index contributed by atoms with van der Waals surface area (Å²) in [4.78, 5) is 4.19. The minimum absolute atomic E-state index is 0.277. The van der Waals surface area contributed by atoms with Crippen molar-refractivity contribution in [3.63, 3.8) is 0 Å². The number of hydrogen-bond donors (Lipinski definition) is 1. The molecule has 0 spiro atoms. The molecule has 1 aliphatic rings. The summed E-state index contributed by atoms with van der Waals surface area (Å²) < 4.78 is 19.1. The molecule has 0 amide bonds. The predicted octanol–water partition coefficient (Wildman–Crippen LogP) is 2.24. The highest BCUT2D eigenvalue weighted by molar-refractivity contribution is 5.56. The van der Waals surface area contributed by atoms with E-state index in [1.54, 1.807) is 24.4 Å². The van der Waals surface area contributed by atoms with Gasteiger partial charge in [-0.1, -0.05) is 12.1 Å². The van der Waals surface area contributed by atoms with Crippen molar-refractivity contribution in [3.05, 3.63) is 42.2 Å². The quantitative estimate of drug-likeness (QED) is 0.882. The first-order chi connectivity index (χ1) is 8.33. The topological polar surface area (TPSA) is 38.1 Å². The highest BCUT2D eigenvalue weighted by Crippen LogP contribution is 2.24. The third-order valence-corrected chi connectivity index (χ3v) is 3.02. The van der Waals surface area contributed by atoms with Gasteiger partial charge >= 0.3 is 0 Å². The van der Waals surface area contributed by atoms with Crippen LogP contribution >= 0.6 is 0 Å². The molecule has 1 aliphatic heterocycles. The number of halogens is 1. The Morgan fingerprint density at radius 1 is 1.35 bits per heavy atom. The van der Waals surface area contributed by atoms with E-state index >= 15 is 0 Å². The molecule has 17 heavy (non-hydrogen) atoms. The van der Waals surface area contributed by atoms with Gasteiger partial charge in [-0.25, -0.2) is 9.37 Å². The van der Waals surface area contributed by atoms with Gasteiger partial charge in [-0.2, -0.15) is 0 Å². The van der Waals surface area contributed by atoms with Crippen LogP contribution in [0.4, 0.5) is 4.39 Å². The van der Waals surface area contributed by atoms with E-state index in [0.717, 1.165) is 19.5 Å². The van der Waals surface area contributed by atoms with Crippen LogP contribution in [0.5, 0.6) is 0 Å². The second-order valence-corrected chi connectivity index (χ2v) is 4.33. The molecule has 0 saturated carbocycles. The van der Waals surface area contributed by atoms with Crippen LogP contribution in [-0.2, 0) is 6.42 Å². The SMILES string of the molecule is Fc1ccccc1-c1cnc(CC2CNC2)o1. The normalized spacial score (nSPS) is 15.8. The average molecular weight is 232 g/mol. The molecule has 2 aromatic rings. The lowest BCUT2D eigenvalue weighted by molar-refractivity contribution is 0.319. The number of aromatic nitrogens is 1. The van der Waals surface area contributed by atoms with Crippen LogP contribution in [0.3, 0.4) is 0 Å². The van der Waals surface area contributed by atoms with Gasteiger partial charge in [0.2, 0.25) is 0 Å². The second-order valence-electron chi connectivity index (χ2n) is 4.33. The van der Waals surface area contributed by atoms with Gasteiger partial charge in [-0.3, -0.25) is 0 Å². The molecule has 0 bridgehead atoms. The van der Waals surface area contributed by atoms with E-state index < -0.39 is 0 Å². The van der Waals surface area contributed by atoms with Crippen LogP contribution in [0.25, 0.3) is 11.3 Å². The largest absolute Gasteiger partial charge is 0.441 e. The zero-order valence-electron chi connectivity index (χ0n) is 9.32. The highest BCUT2D eigenvalue weighted by Gasteiger charge is 2.20. The summed E-state index contributed by atoms with van der Waals surface area (Å²) in [5, 5.41) is 3.20. The first-order valence-electron chi connectivity index (χ1n) is 5.73. The van der Waals surface area contributed by atoms with Crippen molar-refractivity contribution in [2.24, 2.45) is 5.92 Å². The molecule has 3 rings (SSSR count). The molecule has 2 heterocycles. The summed E-state index contributed by atoms with van der Waals surface area (Å²) >= 11 is 0. The standard InChI is InChI=1S/C13H13FN2O/c14-11-4-2-1-3-10(11)12-8-16-13(17-12)5-9-6-15-7-9/h1-4,8-9,15H,5-7H2. The molecule has 3 nitrogen and oxygen atoms in total. The molecule has 1 N–H and O–H groups in total. The van der Waals surface area contributed by atoms with Gasteiger partial charge in [0.15, 0.2) is 11.7 Å². The van der Waals surface area contributed by atoms with Crippen molar-refractivity contribution >= 4 is 0 Å². The number of hydrogen-bond acceptors (Lipinski definition) is 3. The van der Waals surface area contributed by atoms with Gasteiger partial charge in [0, 0.05) is 6.42 Å². The minimum Gasteiger partial charge on any atom is -0.441 e. The van der Waals surface area contributed by atoms with Gasteiger partial charge in [0.05, 0.1) is 11.8 Å². The van der Waals surface area contributed by atoms with Gasteiger partial charge in [-0.15, -0.1) is 0 Å². The summed E-state index contributed by atoms with van der Waals surface area (Å²) in [6, 6.07) is 6.57. The first-order valence-corrected chi connectivity index (χ1v) is 5.73. The van der Waals surface area contributed by atoms with E-state index in [9.17, 15) is 4.39 Å². The van der Waals surface area contributed by atoms with Crippen LogP contribution < -0.4 is 5.32 Å². The minimum atomic E-state index is -0.277. The van der Waals surface area contributed by atoms with Crippen molar-refractivity contribution in [3.8, 4) is 11.3 Å². The number of rotatable bonds is 3. The summed E-state index contributed by atoms with van der Waals surface area (Å²) in [7, 11) is 0. The lowest BCUT2D eigenvalue weighted by Gasteiger charge is -2.25. The molecule has 1 fully saturated rings. The van der Waals surface area contributed by atoms with Gasteiger partial charge in [0.1, 0.15) is 5.82 Å². The van der Waals surface area contributed by atoms with Crippen LogP contribution in [0.2, 0.25) is 0 Å². The maximum Gasteiger partial charge on any atom is 0.195 e. The third-order valence-electron chi connectivity index (χ3n) is 3.02. The molecule has 1 aromatic heterocycles. The van der Waals surface area contributed by atoms with Crippen molar-refractivity contribution in [2.45, 2.75) is 6.42 Å². The third kappa shape index (κ3) is 2.08. The van der Waals surface area contributed by atoms with E-state index in [4.69, 9.17) is 4.42 Å². The molecule has 1 saturated heterocycles. The smallest absolute Gasteiger partial charge is 0.195 e. The molecule has 0 aliphatic carbocycles. The van der Waals surface area contributed by atoms with Crippen LogP contribution in [-0.4, -0.2) is 18.1 Å². The van der Waals surface area contributed by atoms with Crippen LogP contribution in [0.1, 0.15) is 5.89 Å². The Labute approximate surface area is 98.7 Å². The molecule has 0 atom stereocenters. The molecule has 4 heteroatoms. The lowest BCUT2D eigenvalue weighted by Crippen LogP contribution is -2.43. The zero-order chi connectivity index (χ0) is 11.7. The fraction of sp³-hybridized carbons (Fsp3) is 0.308. The van der Waals surface area contributed by atoms with Crippen molar-refractivity contribution in [2.75, 3.05) is 13.1 Å². The summed E-state index contributed by atoms with van der Waals surface area (Å²) in [5.74, 6) is 1.52. The lowest BCUT2D eigenvalue weighted by atomic mass is 10.00. The molecular weight excluding hydrogens is 219 g/mol. The molecule has 88 valence electrons. The van der Waals surface area contributed by atoms with Crippen molar-refractivity contribution in [1.82, 2.24) is 10.3 Å². The Hall–Kier alpha value is -1.68. The molecule has 0 radical (unpaired) electrons. The first kappa shape index (κ1) is 10.5. The van der Waals surface area contributed by atoms with Crippen LogP contribution in [0, 0.1) is 11.7 Å². The summed E-state index contributed by atoms with van der Waals surface area (Å²) in [5.41, 5.74) is 0.470. The monoisotopic (exact) mass is 232 g/mol. The van der Waals surface area contributed by atoms with E-state index in [-0.39, 0.29) is 5.82 Å². The number of nitrogens with one attached hydrogen (secondary N) is 1. The number of oxazole rings is 1. The average Bonchev–Trinajstić information content (AvgIpc) is 2.73. The summed E-state index contributed by atoms with van der Waals surface area (Å²) in [6.45, 7) is 2.02.